The number of hydrogen-bond donors (Lipinski definition) is 1. The third-order valence-corrected chi connectivity index (χ3v) is 4.56. The fourth-order valence-electron chi connectivity index (χ4n) is 2.41. The number of piperazine rings is 1. The fraction of sp³-hybridized carbons (Fsp3) is 0.857. The van der Waals surface area contributed by atoms with Crippen molar-refractivity contribution in [1.82, 2.24) is 14.3 Å². The van der Waals surface area contributed by atoms with Crippen molar-refractivity contribution in [3.8, 4) is 0 Å². The first-order chi connectivity index (χ1) is 9.70. The van der Waals surface area contributed by atoms with Crippen LogP contribution in [-0.2, 0) is 0 Å². The molecule has 0 aliphatic carbocycles. The Bertz CT molecular complexity index is 385. The number of nitrogens with zero attached hydrogens (tertiary/aromatic N) is 4. The second-order valence-corrected chi connectivity index (χ2v) is 6.50. The lowest BCUT2D eigenvalue weighted by atomic mass is 10.2. The van der Waals surface area contributed by atoms with Crippen molar-refractivity contribution in [2.75, 3.05) is 44.2 Å². The molecule has 5 nitrogen and oxygen atoms in total. The molecule has 1 fully saturated rings. The average molecular weight is 297 g/mol. The summed E-state index contributed by atoms with van der Waals surface area (Å²) in [4.78, 5) is 9.57. The van der Waals surface area contributed by atoms with Crippen molar-refractivity contribution in [2.45, 2.75) is 39.0 Å². The van der Waals surface area contributed by atoms with Gasteiger partial charge >= 0.3 is 0 Å². The van der Waals surface area contributed by atoms with Crippen molar-refractivity contribution in [3.05, 3.63) is 5.82 Å². The van der Waals surface area contributed by atoms with E-state index in [2.05, 4.69) is 33.0 Å². The SMILES string of the molecule is CC(C)c1nsc(N2CCN(CCCCCN)CC2)n1. The first kappa shape index (κ1) is 15.7. The van der Waals surface area contributed by atoms with Gasteiger partial charge in [-0.05, 0) is 25.9 Å². The minimum absolute atomic E-state index is 0.420. The Kier molecular flexibility index (Phi) is 6.19. The largest absolute Gasteiger partial charge is 0.344 e. The molecule has 6 heteroatoms. The molecule has 0 spiro atoms. The van der Waals surface area contributed by atoms with Crippen LogP contribution in [0.1, 0.15) is 44.9 Å². The molecule has 0 amide bonds. The molecule has 2 N–H and O–H groups in total. The molecule has 1 saturated heterocycles. The van der Waals surface area contributed by atoms with E-state index in [1.807, 2.05) is 0 Å². The Labute approximate surface area is 126 Å². The zero-order valence-corrected chi connectivity index (χ0v) is 13.5. The van der Waals surface area contributed by atoms with E-state index in [0.29, 0.717) is 5.92 Å². The summed E-state index contributed by atoms with van der Waals surface area (Å²) in [5.74, 6) is 1.40. The Morgan fingerprint density at radius 3 is 2.50 bits per heavy atom. The summed E-state index contributed by atoms with van der Waals surface area (Å²) in [6, 6.07) is 0. The van der Waals surface area contributed by atoms with E-state index in [1.165, 1.54) is 19.4 Å². The number of unbranched alkanes of at least 4 members (excludes halogenated alkanes) is 2. The van der Waals surface area contributed by atoms with Crippen LogP contribution in [0, 0.1) is 0 Å². The first-order valence-corrected chi connectivity index (χ1v) is 8.49. The maximum absolute atomic E-state index is 5.52. The first-order valence-electron chi connectivity index (χ1n) is 7.71. The third kappa shape index (κ3) is 4.40. The van der Waals surface area contributed by atoms with Crippen LogP contribution >= 0.6 is 11.5 Å². The van der Waals surface area contributed by atoms with E-state index in [0.717, 1.165) is 50.1 Å². The summed E-state index contributed by atoms with van der Waals surface area (Å²) in [6.07, 6.45) is 3.68. The molecule has 0 saturated carbocycles. The zero-order valence-electron chi connectivity index (χ0n) is 12.7. The van der Waals surface area contributed by atoms with Gasteiger partial charge in [0.05, 0.1) is 0 Å². The molecule has 20 heavy (non-hydrogen) atoms. The van der Waals surface area contributed by atoms with Gasteiger partial charge in [-0.15, -0.1) is 0 Å². The summed E-state index contributed by atoms with van der Waals surface area (Å²) in [5.41, 5.74) is 5.52. The molecule has 1 aliphatic rings. The third-order valence-electron chi connectivity index (χ3n) is 3.77. The summed E-state index contributed by atoms with van der Waals surface area (Å²) >= 11 is 1.54. The van der Waals surface area contributed by atoms with Gasteiger partial charge in [-0.1, -0.05) is 20.3 Å². The monoisotopic (exact) mass is 297 g/mol. The van der Waals surface area contributed by atoms with Crippen LogP contribution in [0.25, 0.3) is 0 Å². The van der Waals surface area contributed by atoms with Gasteiger partial charge in [0.15, 0.2) is 0 Å². The minimum atomic E-state index is 0.420. The smallest absolute Gasteiger partial charge is 0.205 e. The summed E-state index contributed by atoms with van der Waals surface area (Å²) < 4.78 is 4.44. The molecule has 0 radical (unpaired) electrons. The number of hydrogen-bond acceptors (Lipinski definition) is 6. The van der Waals surface area contributed by atoms with Gasteiger partial charge in [0.2, 0.25) is 5.13 Å². The lowest BCUT2D eigenvalue weighted by Gasteiger charge is -2.34. The lowest BCUT2D eigenvalue weighted by Crippen LogP contribution is -2.46. The van der Waals surface area contributed by atoms with Crippen molar-refractivity contribution in [3.63, 3.8) is 0 Å². The van der Waals surface area contributed by atoms with E-state index >= 15 is 0 Å². The topological polar surface area (TPSA) is 58.3 Å². The van der Waals surface area contributed by atoms with E-state index in [-0.39, 0.29) is 0 Å². The molecule has 0 aromatic carbocycles. The summed E-state index contributed by atoms with van der Waals surface area (Å²) in [6.45, 7) is 10.7. The molecule has 0 atom stereocenters. The number of aromatic nitrogens is 2. The second-order valence-electron chi connectivity index (χ2n) is 5.77. The highest BCUT2D eigenvalue weighted by Crippen LogP contribution is 2.22. The molecule has 2 rings (SSSR count). The van der Waals surface area contributed by atoms with Crippen LogP contribution in [0.2, 0.25) is 0 Å². The Hall–Kier alpha value is -0.720. The van der Waals surface area contributed by atoms with Gasteiger partial charge in [-0.3, -0.25) is 4.90 Å². The maximum atomic E-state index is 5.52. The second kappa shape index (κ2) is 7.90. The quantitative estimate of drug-likeness (QED) is 0.779. The fourth-order valence-corrected chi connectivity index (χ4v) is 3.27. The van der Waals surface area contributed by atoms with E-state index < -0.39 is 0 Å². The standard InChI is InChI=1S/C14H27N5S/c1-12(2)13-16-14(20-17-13)19-10-8-18(9-11-19)7-5-3-4-6-15/h12H,3-11,15H2,1-2H3. The Morgan fingerprint density at radius 2 is 1.90 bits per heavy atom. The average Bonchev–Trinajstić information content (AvgIpc) is 2.94. The van der Waals surface area contributed by atoms with Crippen molar-refractivity contribution >= 4 is 16.7 Å². The predicted molar refractivity (Wildman–Crippen MR) is 85.6 cm³/mol. The molecule has 0 unspecified atom stereocenters. The normalized spacial score (nSPS) is 17.1. The van der Waals surface area contributed by atoms with Crippen molar-refractivity contribution in [1.29, 1.82) is 0 Å². The van der Waals surface area contributed by atoms with Crippen LogP contribution in [0.5, 0.6) is 0 Å². The van der Waals surface area contributed by atoms with E-state index in [9.17, 15) is 0 Å². The molecule has 0 bridgehead atoms. The molecule has 2 heterocycles. The van der Waals surface area contributed by atoms with Crippen LogP contribution in [0.4, 0.5) is 5.13 Å². The highest BCUT2D eigenvalue weighted by Gasteiger charge is 2.20. The Balaban J connectivity index is 1.73. The molecular weight excluding hydrogens is 270 g/mol. The minimum Gasteiger partial charge on any atom is -0.344 e. The predicted octanol–water partition coefficient (Wildman–Crippen LogP) is 1.91. The molecule has 1 aliphatic heterocycles. The van der Waals surface area contributed by atoms with Gasteiger partial charge in [-0.2, -0.15) is 4.37 Å². The number of anilines is 1. The van der Waals surface area contributed by atoms with Gasteiger partial charge in [0, 0.05) is 43.6 Å². The Morgan fingerprint density at radius 1 is 1.15 bits per heavy atom. The molecular formula is C14H27N5S. The summed E-state index contributed by atoms with van der Waals surface area (Å²) in [7, 11) is 0. The zero-order chi connectivity index (χ0) is 14.4. The molecule has 1 aromatic rings. The highest BCUT2D eigenvalue weighted by atomic mass is 32.1. The van der Waals surface area contributed by atoms with Crippen molar-refractivity contribution < 1.29 is 0 Å². The van der Waals surface area contributed by atoms with Crippen LogP contribution < -0.4 is 10.6 Å². The van der Waals surface area contributed by atoms with Crippen molar-refractivity contribution in [2.24, 2.45) is 5.73 Å². The number of rotatable bonds is 7. The van der Waals surface area contributed by atoms with Gasteiger partial charge < -0.3 is 10.6 Å². The highest BCUT2D eigenvalue weighted by molar-refractivity contribution is 7.09. The number of nitrogens with two attached hydrogens (primary N) is 1. The summed E-state index contributed by atoms with van der Waals surface area (Å²) in [5, 5.41) is 1.09. The van der Waals surface area contributed by atoms with Crippen LogP contribution in [0.3, 0.4) is 0 Å². The van der Waals surface area contributed by atoms with Crippen LogP contribution in [0.15, 0.2) is 0 Å². The van der Waals surface area contributed by atoms with Gasteiger partial charge in [0.1, 0.15) is 5.82 Å². The van der Waals surface area contributed by atoms with Gasteiger partial charge in [-0.25, -0.2) is 4.98 Å². The lowest BCUT2D eigenvalue weighted by molar-refractivity contribution is 0.252. The molecule has 114 valence electrons. The maximum Gasteiger partial charge on any atom is 0.205 e. The molecule has 1 aromatic heterocycles. The van der Waals surface area contributed by atoms with E-state index in [4.69, 9.17) is 5.73 Å². The van der Waals surface area contributed by atoms with Crippen LogP contribution in [-0.4, -0.2) is 53.5 Å². The van der Waals surface area contributed by atoms with Gasteiger partial charge in [0.25, 0.3) is 0 Å². The van der Waals surface area contributed by atoms with E-state index in [1.54, 1.807) is 11.5 Å².